The number of rotatable bonds is 13. The molecule has 0 saturated carbocycles. The maximum Gasteiger partial charge on any atom is 1.00 e. The number of thioether (sulfide) groups is 1. The van der Waals surface area contributed by atoms with Gasteiger partial charge in [-0.3, -0.25) is 4.74 Å². The molecule has 0 aliphatic carbocycles. The van der Waals surface area contributed by atoms with Gasteiger partial charge >= 0.3 is 113 Å². The van der Waals surface area contributed by atoms with Crippen LogP contribution in [0, 0.1) is 0 Å². The molecule has 0 radical (unpaired) electrons. The van der Waals surface area contributed by atoms with E-state index in [1.165, 1.54) is 0 Å². The number of ether oxygens (including phenoxy) is 2. The largest absolute Gasteiger partial charge is 1.00 e. The van der Waals surface area contributed by atoms with Gasteiger partial charge in [-0.2, -0.15) is 96.0 Å². The van der Waals surface area contributed by atoms with Crippen molar-refractivity contribution in [1.82, 2.24) is 0 Å². The first-order chi connectivity index (χ1) is 19.7. The smallest absolute Gasteiger partial charge is 0.748 e. The standard InChI is InChI=1S/C7H6F10O4S2.C5F10O.C2H6O3S2.2Na/c8-3(4(9,10)22-1-2-23(18,19)20)21-7(16,17)5(11,12)6(13,14)15;6-1(7)2(8)16-5(14,15)3(9,10)4(11,12)13;3-7(4,5)2-1-6;;/h3H,1-2H2,(H,18,19,20);;6H,1-2H2,(H,3,4,5);;/q;;;2*+1/p-2. The Balaban J connectivity index is -0.000000214. The Kier molecular flexibility index (Phi) is 25.1. The molecule has 34 heteroatoms. The molecule has 0 rings (SSSR count). The number of halogens is 20. The Morgan fingerprint density at radius 1 is 0.667 bits per heavy atom. The van der Waals surface area contributed by atoms with E-state index in [1.54, 1.807) is 0 Å². The molecule has 0 aromatic rings. The van der Waals surface area contributed by atoms with Gasteiger partial charge < -0.3 is 13.8 Å². The zero-order valence-corrected chi connectivity index (χ0v) is 29.7. The van der Waals surface area contributed by atoms with Gasteiger partial charge in [0.2, 0.25) is 0 Å². The third-order valence-electron chi connectivity index (χ3n) is 3.29. The molecule has 0 amide bonds. The van der Waals surface area contributed by atoms with Crippen LogP contribution in [0.3, 0.4) is 0 Å². The van der Waals surface area contributed by atoms with E-state index in [0.717, 1.165) is 0 Å². The summed E-state index contributed by atoms with van der Waals surface area (Å²) in [7, 11) is -9.03. The Labute approximate surface area is 308 Å². The molecule has 1 atom stereocenters. The van der Waals surface area contributed by atoms with Crippen LogP contribution in [0.15, 0.2) is 12.1 Å². The molecule has 0 heterocycles. The Hall–Kier alpha value is 0.620. The first-order valence-corrected chi connectivity index (χ1v) is 14.4. The van der Waals surface area contributed by atoms with Crippen LogP contribution in [-0.2, 0) is 29.7 Å². The maximum absolute atomic E-state index is 12.9. The molecule has 0 aromatic carbocycles. The fraction of sp³-hybridized carbons (Fsp3) is 0.857. The summed E-state index contributed by atoms with van der Waals surface area (Å²) in [6.45, 7) is 0. The van der Waals surface area contributed by atoms with E-state index >= 15 is 0 Å². The Bertz CT molecular complexity index is 1210. The van der Waals surface area contributed by atoms with Crippen molar-refractivity contribution in [3.05, 3.63) is 12.1 Å². The van der Waals surface area contributed by atoms with E-state index in [4.69, 9.17) is 0 Å². The minimum absolute atomic E-state index is 0. The molecule has 8 nitrogen and oxygen atoms in total. The fourth-order valence-corrected chi connectivity index (χ4v) is 3.77. The molecule has 0 bridgehead atoms. The summed E-state index contributed by atoms with van der Waals surface area (Å²) in [6, 6.07) is -3.52. The topological polar surface area (TPSA) is 133 Å². The molecular weight excluding hydrogens is 850 g/mol. The molecule has 0 aliphatic heterocycles. The fourth-order valence-electron chi connectivity index (χ4n) is 1.27. The maximum atomic E-state index is 12.9. The zero-order valence-electron chi connectivity index (χ0n) is 22.4. The molecule has 0 saturated heterocycles. The van der Waals surface area contributed by atoms with Crippen molar-refractivity contribution < 1.29 is 182 Å². The average molecular weight is 860 g/mol. The number of hydrogen-bond acceptors (Lipinski definition) is 10. The quantitative estimate of drug-likeness (QED) is 0.0912. The van der Waals surface area contributed by atoms with Crippen LogP contribution in [0.2, 0.25) is 0 Å². The Morgan fingerprint density at radius 2 is 1.00 bits per heavy atom. The number of hydrogen-bond donors (Lipinski definition) is 1. The number of thiol groups is 1. The second-order valence-electron chi connectivity index (χ2n) is 6.91. The predicted molar refractivity (Wildman–Crippen MR) is 110 cm³/mol. The molecule has 48 heavy (non-hydrogen) atoms. The monoisotopic (exact) mass is 860 g/mol. The average Bonchev–Trinajstić information content (AvgIpc) is 2.75. The van der Waals surface area contributed by atoms with Crippen LogP contribution in [0.1, 0.15) is 0 Å². The van der Waals surface area contributed by atoms with Crippen LogP contribution < -0.4 is 59.1 Å². The van der Waals surface area contributed by atoms with Crippen LogP contribution in [0.25, 0.3) is 0 Å². The second-order valence-corrected chi connectivity index (χ2v) is 11.6. The summed E-state index contributed by atoms with van der Waals surface area (Å²) >= 11 is 2.44. The molecule has 0 spiro atoms. The first-order valence-electron chi connectivity index (χ1n) is 9.58. The van der Waals surface area contributed by atoms with Gasteiger partial charge in [0, 0.05) is 23.0 Å². The van der Waals surface area contributed by atoms with Crippen LogP contribution in [0.4, 0.5) is 87.8 Å². The van der Waals surface area contributed by atoms with E-state index in [-0.39, 0.29) is 70.6 Å². The predicted octanol–water partition coefficient (Wildman–Crippen LogP) is 0.258. The molecular formula is C14H10F20Na2O8S4. The van der Waals surface area contributed by atoms with Crippen molar-refractivity contribution >= 4 is 44.6 Å². The van der Waals surface area contributed by atoms with Gasteiger partial charge in [0.05, 0.1) is 20.2 Å². The molecule has 0 fully saturated rings. The van der Waals surface area contributed by atoms with Gasteiger partial charge in [0.15, 0.2) is 0 Å². The third-order valence-corrected chi connectivity index (χ3v) is 6.47. The van der Waals surface area contributed by atoms with Crippen LogP contribution in [-0.4, -0.2) is 97.0 Å². The molecule has 0 aromatic heterocycles. The third kappa shape index (κ3) is 20.6. The van der Waals surface area contributed by atoms with E-state index in [2.05, 4.69) is 17.4 Å². The van der Waals surface area contributed by atoms with E-state index in [1.807, 2.05) is 4.74 Å². The van der Waals surface area contributed by atoms with Gasteiger partial charge in [-0.1, -0.05) is 11.8 Å². The summed E-state index contributed by atoms with van der Waals surface area (Å²) in [5.74, 6) is -16.9. The van der Waals surface area contributed by atoms with E-state index < -0.39 is 104 Å². The minimum Gasteiger partial charge on any atom is -0.748 e. The summed E-state index contributed by atoms with van der Waals surface area (Å²) in [5.41, 5.74) is 0. The van der Waals surface area contributed by atoms with Crippen molar-refractivity contribution in [2.75, 3.05) is 23.0 Å². The van der Waals surface area contributed by atoms with Crippen molar-refractivity contribution in [2.45, 2.75) is 48.0 Å². The molecule has 280 valence electrons. The zero-order chi connectivity index (χ0) is 38.2. The first kappa shape index (κ1) is 57.9. The summed E-state index contributed by atoms with van der Waals surface area (Å²) in [4.78, 5) is 0. The summed E-state index contributed by atoms with van der Waals surface area (Å²) < 4.78 is 303. The van der Waals surface area contributed by atoms with Crippen LogP contribution in [0.5, 0.6) is 0 Å². The van der Waals surface area contributed by atoms with Gasteiger partial charge in [-0.05, 0) is 0 Å². The normalized spacial score (nSPS) is 14.1. The SMILES string of the molecule is FC(F)=C(F)OC(F)(F)C(F)(F)C(F)(F)F.O=S(=O)([O-])CCS.O=S(=O)([O-])CCSC(F)(F)C(F)OC(F)(F)C(F)(F)C(F)(F)F.[Na+].[Na+]. The Morgan fingerprint density at radius 3 is 1.25 bits per heavy atom. The second kappa shape index (κ2) is 20.8. The minimum atomic E-state index is -6.97. The van der Waals surface area contributed by atoms with Gasteiger partial charge in [0.25, 0.3) is 6.36 Å². The van der Waals surface area contributed by atoms with Crippen molar-refractivity contribution in [3.8, 4) is 0 Å². The van der Waals surface area contributed by atoms with Crippen LogP contribution >= 0.6 is 24.4 Å². The molecule has 1 unspecified atom stereocenters. The van der Waals surface area contributed by atoms with Crippen molar-refractivity contribution in [2.24, 2.45) is 0 Å². The molecule has 0 N–H and O–H groups in total. The van der Waals surface area contributed by atoms with E-state index in [9.17, 15) is 114 Å². The van der Waals surface area contributed by atoms with Gasteiger partial charge in [-0.15, -0.1) is 0 Å². The number of alkyl halides is 17. The summed E-state index contributed by atoms with van der Waals surface area (Å²) in [5, 5.41) is -5.13. The molecule has 0 aliphatic rings. The van der Waals surface area contributed by atoms with Gasteiger partial charge in [-0.25, -0.2) is 21.2 Å². The van der Waals surface area contributed by atoms with Gasteiger partial charge in [0.1, 0.15) is 0 Å². The van der Waals surface area contributed by atoms with Crippen molar-refractivity contribution in [3.63, 3.8) is 0 Å². The van der Waals surface area contributed by atoms with Crippen molar-refractivity contribution in [1.29, 1.82) is 0 Å². The van der Waals surface area contributed by atoms with E-state index in [0.29, 0.717) is 0 Å². The summed E-state index contributed by atoms with van der Waals surface area (Å²) in [6.07, 6.45) is -35.1.